The normalized spacial score (nSPS) is 16.7. The van der Waals surface area contributed by atoms with Crippen LogP contribution in [0.5, 0.6) is 0 Å². The van der Waals surface area contributed by atoms with Gasteiger partial charge in [-0.15, -0.1) is 0 Å². The number of nitrogens with one attached hydrogen (secondary N) is 2. The molecule has 0 aromatic heterocycles. The predicted molar refractivity (Wildman–Crippen MR) is 114 cm³/mol. The van der Waals surface area contributed by atoms with Gasteiger partial charge >= 0.3 is 12.1 Å². The van der Waals surface area contributed by atoms with E-state index in [-0.39, 0.29) is 0 Å². The molecule has 2 amide bonds. The highest BCUT2D eigenvalue weighted by Gasteiger charge is 2.42. The van der Waals surface area contributed by atoms with Crippen LogP contribution >= 0.6 is 0 Å². The maximum atomic E-state index is 13.4. The standard InChI is InChI=1S/C23H32N2O5/c1-22(2,3)30-21(28)25-23(14-10-5-6-11-15-23)20(27)24-18(19(26)29-4)16-17-12-8-7-9-13-17/h5-9,12-13,18H,10-11,14-16H2,1-4H3,(H,24,27)(H,25,28)/t18-/m0/s1. The van der Waals surface area contributed by atoms with Crippen molar-refractivity contribution in [3.63, 3.8) is 0 Å². The van der Waals surface area contributed by atoms with Crippen molar-refractivity contribution in [2.45, 2.75) is 70.1 Å². The maximum absolute atomic E-state index is 13.4. The summed E-state index contributed by atoms with van der Waals surface area (Å²) >= 11 is 0. The number of amides is 2. The number of alkyl carbamates (subject to hydrolysis) is 1. The maximum Gasteiger partial charge on any atom is 0.408 e. The van der Waals surface area contributed by atoms with Crippen LogP contribution in [-0.4, -0.2) is 42.3 Å². The van der Waals surface area contributed by atoms with Gasteiger partial charge in [0.15, 0.2) is 0 Å². The molecule has 0 saturated carbocycles. The van der Waals surface area contributed by atoms with Crippen LogP contribution in [0.4, 0.5) is 4.79 Å². The van der Waals surface area contributed by atoms with Gasteiger partial charge in [0.25, 0.3) is 0 Å². The molecule has 0 spiro atoms. The van der Waals surface area contributed by atoms with E-state index in [4.69, 9.17) is 9.47 Å². The third kappa shape index (κ3) is 6.90. The first-order chi connectivity index (χ1) is 14.1. The number of allylic oxidation sites excluding steroid dienone is 2. The smallest absolute Gasteiger partial charge is 0.408 e. The zero-order chi connectivity index (χ0) is 22.2. The Morgan fingerprint density at radius 3 is 2.20 bits per heavy atom. The molecule has 2 rings (SSSR count). The first-order valence-electron chi connectivity index (χ1n) is 10.2. The van der Waals surface area contributed by atoms with E-state index in [0.29, 0.717) is 32.1 Å². The number of carbonyl (C=O) groups is 3. The molecule has 2 N–H and O–H groups in total. The number of hydrogen-bond donors (Lipinski definition) is 2. The highest BCUT2D eigenvalue weighted by Crippen LogP contribution is 2.25. The van der Waals surface area contributed by atoms with E-state index in [1.54, 1.807) is 20.8 Å². The first-order valence-corrected chi connectivity index (χ1v) is 10.2. The minimum Gasteiger partial charge on any atom is -0.467 e. The second-order valence-corrected chi connectivity index (χ2v) is 8.50. The number of esters is 1. The van der Waals surface area contributed by atoms with Crippen molar-refractivity contribution >= 4 is 18.0 Å². The van der Waals surface area contributed by atoms with E-state index in [1.165, 1.54) is 7.11 Å². The lowest BCUT2D eigenvalue weighted by Crippen LogP contribution is -2.61. The highest BCUT2D eigenvalue weighted by atomic mass is 16.6. The Bertz CT molecular complexity index is 758. The number of hydrogen-bond acceptors (Lipinski definition) is 5. The zero-order valence-corrected chi connectivity index (χ0v) is 18.2. The lowest BCUT2D eigenvalue weighted by atomic mass is 9.88. The van der Waals surface area contributed by atoms with Crippen LogP contribution in [-0.2, 0) is 25.5 Å². The fraction of sp³-hybridized carbons (Fsp3) is 0.522. The molecule has 0 unspecified atom stereocenters. The Kier molecular flexibility index (Phi) is 8.03. The molecule has 7 heteroatoms. The summed E-state index contributed by atoms with van der Waals surface area (Å²) in [4.78, 5) is 38.2. The van der Waals surface area contributed by atoms with Crippen molar-refractivity contribution in [1.82, 2.24) is 10.6 Å². The van der Waals surface area contributed by atoms with Gasteiger partial charge in [0.1, 0.15) is 17.2 Å². The number of rotatable bonds is 6. The second kappa shape index (κ2) is 10.3. The molecule has 7 nitrogen and oxygen atoms in total. The van der Waals surface area contributed by atoms with E-state index >= 15 is 0 Å². The Morgan fingerprint density at radius 2 is 1.67 bits per heavy atom. The van der Waals surface area contributed by atoms with Gasteiger partial charge in [-0.3, -0.25) is 4.79 Å². The molecule has 0 heterocycles. The number of ether oxygens (including phenoxy) is 2. The average Bonchev–Trinajstić information content (AvgIpc) is 2.92. The molecular weight excluding hydrogens is 384 g/mol. The fourth-order valence-electron chi connectivity index (χ4n) is 3.41. The van der Waals surface area contributed by atoms with E-state index in [0.717, 1.165) is 5.56 Å². The third-order valence-corrected chi connectivity index (χ3v) is 4.89. The van der Waals surface area contributed by atoms with Crippen LogP contribution in [0.15, 0.2) is 42.5 Å². The van der Waals surface area contributed by atoms with Gasteiger partial charge in [0.05, 0.1) is 7.11 Å². The van der Waals surface area contributed by atoms with Gasteiger partial charge in [0.2, 0.25) is 5.91 Å². The van der Waals surface area contributed by atoms with E-state index in [9.17, 15) is 14.4 Å². The van der Waals surface area contributed by atoms with Crippen LogP contribution < -0.4 is 10.6 Å². The molecule has 164 valence electrons. The van der Waals surface area contributed by atoms with Gasteiger partial charge in [-0.2, -0.15) is 0 Å². The molecule has 0 radical (unpaired) electrons. The molecular formula is C23H32N2O5. The second-order valence-electron chi connectivity index (χ2n) is 8.50. The molecule has 0 fully saturated rings. The van der Waals surface area contributed by atoms with Crippen molar-refractivity contribution in [1.29, 1.82) is 0 Å². The molecule has 0 bridgehead atoms. The summed E-state index contributed by atoms with van der Waals surface area (Å²) in [5.41, 5.74) is -0.966. The molecule has 1 aromatic carbocycles. The number of carbonyl (C=O) groups excluding carboxylic acids is 3. The first kappa shape index (κ1) is 23.4. The van der Waals surface area contributed by atoms with E-state index in [1.807, 2.05) is 42.5 Å². The lowest BCUT2D eigenvalue weighted by molar-refractivity contribution is -0.146. The topological polar surface area (TPSA) is 93.7 Å². The van der Waals surface area contributed by atoms with Crippen molar-refractivity contribution in [3.05, 3.63) is 48.0 Å². The molecule has 30 heavy (non-hydrogen) atoms. The number of benzene rings is 1. The summed E-state index contributed by atoms with van der Waals surface area (Å²) in [6.07, 6.45) is 5.70. The van der Waals surface area contributed by atoms with Gasteiger partial charge in [-0.05, 0) is 52.0 Å². The Hall–Kier alpha value is -2.83. The fourth-order valence-corrected chi connectivity index (χ4v) is 3.41. The minimum absolute atomic E-state index is 0.292. The molecule has 0 aliphatic heterocycles. The monoisotopic (exact) mass is 416 g/mol. The highest BCUT2D eigenvalue weighted by molar-refractivity contribution is 5.93. The van der Waals surface area contributed by atoms with Gasteiger partial charge in [0, 0.05) is 6.42 Å². The average molecular weight is 417 g/mol. The molecule has 1 aliphatic rings. The Labute approximate surface area is 178 Å². The molecule has 1 atom stereocenters. The SMILES string of the molecule is COC(=O)[C@H](Cc1ccccc1)NC(=O)C1(NC(=O)OC(C)(C)C)CCC=CCC1. The molecule has 1 aromatic rings. The van der Waals surface area contributed by atoms with Crippen LogP contribution in [0.2, 0.25) is 0 Å². The van der Waals surface area contributed by atoms with Crippen LogP contribution in [0.3, 0.4) is 0 Å². The minimum atomic E-state index is -1.17. The Morgan fingerprint density at radius 1 is 1.07 bits per heavy atom. The van der Waals surface area contributed by atoms with Crippen LogP contribution in [0.1, 0.15) is 52.0 Å². The van der Waals surface area contributed by atoms with Crippen LogP contribution in [0.25, 0.3) is 0 Å². The summed E-state index contributed by atoms with van der Waals surface area (Å²) in [5.74, 6) is -0.949. The van der Waals surface area contributed by atoms with Gasteiger partial charge in [-0.25, -0.2) is 9.59 Å². The third-order valence-electron chi connectivity index (χ3n) is 4.89. The van der Waals surface area contributed by atoms with E-state index in [2.05, 4.69) is 10.6 Å². The van der Waals surface area contributed by atoms with Gasteiger partial charge in [-0.1, -0.05) is 42.5 Å². The summed E-state index contributed by atoms with van der Waals surface area (Å²) < 4.78 is 10.3. The predicted octanol–water partition coefficient (Wildman–Crippen LogP) is 3.28. The van der Waals surface area contributed by atoms with Crippen molar-refractivity contribution in [2.24, 2.45) is 0 Å². The summed E-state index contributed by atoms with van der Waals surface area (Å²) in [7, 11) is 1.29. The van der Waals surface area contributed by atoms with Crippen molar-refractivity contribution in [2.75, 3.05) is 7.11 Å². The van der Waals surface area contributed by atoms with Crippen molar-refractivity contribution < 1.29 is 23.9 Å². The summed E-state index contributed by atoms with van der Waals surface area (Å²) in [6.45, 7) is 5.29. The molecule has 0 saturated heterocycles. The van der Waals surface area contributed by atoms with Crippen molar-refractivity contribution in [3.8, 4) is 0 Å². The number of methoxy groups -OCH3 is 1. The lowest BCUT2D eigenvalue weighted by Gasteiger charge is -2.34. The van der Waals surface area contributed by atoms with Gasteiger partial charge < -0.3 is 20.1 Å². The van der Waals surface area contributed by atoms with Crippen LogP contribution in [0, 0.1) is 0 Å². The Balaban J connectivity index is 2.22. The largest absolute Gasteiger partial charge is 0.467 e. The molecule has 1 aliphatic carbocycles. The summed E-state index contributed by atoms with van der Waals surface area (Å²) in [6, 6.07) is 8.52. The van der Waals surface area contributed by atoms with E-state index < -0.39 is 35.2 Å². The zero-order valence-electron chi connectivity index (χ0n) is 18.2. The summed E-state index contributed by atoms with van der Waals surface area (Å²) in [5, 5.41) is 5.60. The quantitative estimate of drug-likeness (QED) is 0.548.